The molecule has 0 aliphatic carbocycles. The number of thiophene rings is 1. The minimum atomic E-state index is -0.939. The van der Waals surface area contributed by atoms with Crippen molar-refractivity contribution in [2.24, 2.45) is 0 Å². The lowest BCUT2D eigenvalue weighted by Crippen LogP contribution is -2.36. The molecule has 2 aliphatic rings. The van der Waals surface area contributed by atoms with Crippen LogP contribution in [0.2, 0.25) is 0 Å². The van der Waals surface area contributed by atoms with Gasteiger partial charge in [-0.1, -0.05) is 36.4 Å². The monoisotopic (exact) mass is 494 g/mol. The predicted molar refractivity (Wildman–Crippen MR) is 132 cm³/mol. The molecule has 8 nitrogen and oxygen atoms in total. The topological polar surface area (TPSA) is 86.3 Å². The lowest BCUT2D eigenvalue weighted by atomic mass is 10.1. The van der Waals surface area contributed by atoms with Crippen molar-refractivity contribution in [3.05, 3.63) is 65.0 Å². The first-order valence-corrected chi connectivity index (χ1v) is 12.3. The smallest absolute Gasteiger partial charge is 0.349 e. The number of nitrogens with one attached hydrogen (secondary N) is 1. The molecule has 182 valence electrons. The number of esters is 1. The number of rotatable bonds is 7. The molecule has 5 rings (SSSR count). The minimum Gasteiger partial charge on any atom is -0.454 e. The number of benzene rings is 2. The van der Waals surface area contributed by atoms with Gasteiger partial charge >= 0.3 is 5.97 Å². The van der Waals surface area contributed by atoms with Gasteiger partial charge < -0.3 is 29.2 Å². The molecular weight excluding hydrogens is 468 g/mol. The summed E-state index contributed by atoms with van der Waals surface area (Å²) < 4.78 is 21.7. The van der Waals surface area contributed by atoms with Crippen LogP contribution in [0.4, 0.5) is 5.00 Å². The van der Waals surface area contributed by atoms with E-state index in [1.54, 1.807) is 13.0 Å². The Kier molecular flexibility index (Phi) is 6.87. The van der Waals surface area contributed by atoms with E-state index < -0.39 is 12.1 Å². The molecule has 3 aromatic rings. The molecule has 0 bridgehead atoms. The molecule has 1 amide bonds. The summed E-state index contributed by atoms with van der Waals surface area (Å²) in [4.78, 5) is 28.3. The van der Waals surface area contributed by atoms with E-state index in [0.717, 1.165) is 34.8 Å². The summed E-state index contributed by atoms with van der Waals surface area (Å²) >= 11 is 1.38. The molecule has 3 heterocycles. The standard InChI is InChI=1S/C26H26N2O6S/c1-17(24(29)27-15-18-7-8-21-22(13-18)33-16-32-21)34-26(30)23-14-20(19-5-3-2-4-6-19)25(35-23)28-9-11-31-12-10-28/h2-8,13-14,17H,9-12,15-16H2,1H3,(H,27,29)/t17-/m0/s1. The highest BCUT2D eigenvalue weighted by atomic mass is 32.1. The number of nitrogens with zero attached hydrogens (tertiary/aromatic N) is 1. The molecule has 0 saturated carbocycles. The average molecular weight is 495 g/mol. The lowest BCUT2D eigenvalue weighted by molar-refractivity contribution is -0.129. The van der Waals surface area contributed by atoms with Gasteiger partial charge in [0.1, 0.15) is 4.88 Å². The molecule has 2 aliphatic heterocycles. The van der Waals surface area contributed by atoms with Gasteiger partial charge in [0, 0.05) is 25.2 Å². The third kappa shape index (κ3) is 5.26. The number of carbonyl (C=O) groups is 2. The quantitative estimate of drug-likeness (QED) is 0.500. The van der Waals surface area contributed by atoms with Crippen molar-refractivity contribution in [1.29, 1.82) is 0 Å². The fourth-order valence-corrected chi connectivity index (χ4v) is 5.08. The van der Waals surface area contributed by atoms with Crippen molar-refractivity contribution in [3.63, 3.8) is 0 Å². The third-order valence-corrected chi connectivity index (χ3v) is 7.03. The van der Waals surface area contributed by atoms with E-state index in [0.29, 0.717) is 29.6 Å². The Balaban J connectivity index is 1.25. The molecule has 2 aromatic carbocycles. The fourth-order valence-electron chi connectivity index (χ4n) is 3.96. The molecule has 1 N–H and O–H groups in total. The Hall–Kier alpha value is -3.56. The van der Waals surface area contributed by atoms with Gasteiger partial charge in [-0.15, -0.1) is 11.3 Å². The number of anilines is 1. The van der Waals surface area contributed by atoms with Crippen LogP contribution in [0.15, 0.2) is 54.6 Å². The Morgan fingerprint density at radius 2 is 1.83 bits per heavy atom. The molecule has 0 spiro atoms. The normalized spacial score (nSPS) is 15.5. The van der Waals surface area contributed by atoms with Crippen LogP contribution in [-0.4, -0.2) is 51.1 Å². The SMILES string of the molecule is C[C@H](OC(=O)c1cc(-c2ccccc2)c(N2CCOCC2)s1)C(=O)NCc1ccc2c(c1)OCO2. The van der Waals surface area contributed by atoms with E-state index in [1.807, 2.05) is 48.5 Å². The first kappa shape index (κ1) is 23.2. The largest absolute Gasteiger partial charge is 0.454 e. The van der Waals surface area contributed by atoms with E-state index in [1.165, 1.54) is 11.3 Å². The highest BCUT2D eigenvalue weighted by Crippen LogP contribution is 2.39. The third-order valence-electron chi connectivity index (χ3n) is 5.85. The molecule has 1 atom stereocenters. The van der Waals surface area contributed by atoms with E-state index in [4.69, 9.17) is 18.9 Å². The number of morpholine rings is 1. The second kappa shape index (κ2) is 10.4. The number of ether oxygens (including phenoxy) is 4. The van der Waals surface area contributed by atoms with Crippen LogP contribution >= 0.6 is 11.3 Å². The Morgan fingerprint density at radius 3 is 2.63 bits per heavy atom. The summed E-state index contributed by atoms with van der Waals surface area (Å²) in [6.07, 6.45) is -0.939. The Labute approximate surface area is 207 Å². The van der Waals surface area contributed by atoms with Gasteiger partial charge in [0.05, 0.1) is 18.2 Å². The average Bonchev–Trinajstić information content (AvgIpc) is 3.55. The maximum absolute atomic E-state index is 13.0. The number of hydrogen-bond acceptors (Lipinski definition) is 8. The highest BCUT2D eigenvalue weighted by molar-refractivity contribution is 7.18. The van der Waals surface area contributed by atoms with Crippen LogP contribution < -0.4 is 19.7 Å². The van der Waals surface area contributed by atoms with Crippen LogP contribution in [-0.2, 0) is 20.8 Å². The molecule has 1 saturated heterocycles. The van der Waals surface area contributed by atoms with Crippen LogP contribution in [0.5, 0.6) is 11.5 Å². The van der Waals surface area contributed by atoms with Crippen molar-refractivity contribution >= 4 is 28.2 Å². The Morgan fingerprint density at radius 1 is 1.06 bits per heavy atom. The molecular formula is C26H26N2O6S. The zero-order chi connectivity index (χ0) is 24.2. The van der Waals surface area contributed by atoms with Crippen molar-refractivity contribution in [2.45, 2.75) is 19.6 Å². The van der Waals surface area contributed by atoms with Crippen LogP contribution in [0, 0.1) is 0 Å². The zero-order valence-electron chi connectivity index (χ0n) is 19.3. The van der Waals surface area contributed by atoms with Gasteiger partial charge in [0.15, 0.2) is 17.6 Å². The molecule has 1 fully saturated rings. The van der Waals surface area contributed by atoms with Gasteiger partial charge in [-0.2, -0.15) is 0 Å². The van der Waals surface area contributed by atoms with Crippen LogP contribution in [0.3, 0.4) is 0 Å². The van der Waals surface area contributed by atoms with E-state index in [2.05, 4.69) is 10.2 Å². The molecule has 0 unspecified atom stereocenters. The summed E-state index contributed by atoms with van der Waals surface area (Å²) in [5, 5.41) is 3.82. The molecule has 35 heavy (non-hydrogen) atoms. The number of amides is 1. The minimum absolute atomic E-state index is 0.195. The first-order chi connectivity index (χ1) is 17.1. The predicted octanol–water partition coefficient (Wildman–Crippen LogP) is 3.84. The van der Waals surface area contributed by atoms with Gasteiger partial charge in [0.2, 0.25) is 6.79 Å². The number of fused-ring (bicyclic) bond motifs is 1. The summed E-state index contributed by atoms with van der Waals surface area (Å²) in [7, 11) is 0. The van der Waals surface area contributed by atoms with Crippen LogP contribution in [0.1, 0.15) is 22.2 Å². The van der Waals surface area contributed by atoms with Crippen LogP contribution in [0.25, 0.3) is 11.1 Å². The first-order valence-electron chi connectivity index (χ1n) is 11.5. The number of hydrogen-bond donors (Lipinski definition) is 1. The van der Waals surface area contributed by atoms with Gasteiger partial charge in [0.25, 0.3) is 5.91 Å². The summed E-state index contributed by atoms with van der Waals surface area (Å²) in [6.45, 7) is 4.86. The van der Waals surface area contributed by atoms with Gasteiger partial charge in [-0.3, -0.25) is 4.79 Å². The second-order valence-corrected chi connectivity index (χ2v) is 9.28. The fraction of sp³-hybridized carbons (Fsp3) is 0.308. The molecule has 1 aromatic heterocycles. The second-order valence-electron chi connectivity index (χ2n) is 8.25. The van der Waals surface area contributed by atoms with Gasteiger partial charge in [-0.05, 0) is 36.2 Å². The molecule has 0 radical (unpaired) electrons. The van der Waals surface area contributed by atoms with Gasteiger partial charge in [-0.25, -0.2) is 4.79 Å². The lowest BCUT2D eigenvalue weighted by Gasteiger charge is -2.28. The maximum Gasteiger partial charge on any atom is 0.349 e. The highest BCUT2D eigenvalue weighted by Gasteiger charge is 2.25. The molecule has 9 heteroatoms. The Bertz CT molecular complexity index is 1210. The summed E-state index contributed by atoms with van der Waals surface area (Å²) in [6, 6.07) is 17.3. The number of carbonyl (C=O) groups excluding carboxylic acids is 2. The summed E-state index contributed by atoms with van der Waals surface area (Å²) in [5.41, 5.74) is 2.87. The van der Waals surface area contributed by atoms with Crippen molar-refractivity contribution in [2.75, 3.05) is 38.0 Å². The maximum atomic E-state index is 13.0. The van der Waals surface area contributed by atoms with E-state index in [9.17, 15) is 9.59 Å². The van der Waals surface area contributed by atoms with Crippen molar-refractivity contribution < 1.29 is 28.5 Å². The zero-order valence-corrected chi connectivity index (χ0v) is 20.1. The van der Waals surface area contributed by atoms with Crippen molar-refractivity contribution in [3.8, 4) is 22.6 Å². The van der Waals surface area contributed by atoms with Crippen molar-refractivity contribution in [1.82, 2.24) is 5.32 Å². The summed E-state index contributed by atoms with van der Waals surface area (Å²) in [5.74, 6) is 0.450. The van der Waals surface area contributed by atoms with E-state index in [-0.39, 0.29) is 19.2 Å². The van der Waals surface area contributed by atoms with E-state index >= 15 is 0 Å².